The van der Waals surface area contributed by atoms with Crippen LogP contribution in [0.3, 0.4) is 0 Å². The first-order chi connectivity index (χ1) is 8.96. The maximum Gasteiger partial charge on any atom is 0.240 e. The highest BCUT2D eigenvalue weighted by Gasteiger charge is 2.60. The summed E-state index contributed by atoms with van der Waals surface area (Å²) in [5.41, 5.74) is 0. The van der Waals surface area contributed by atoms with E-state index >= 15 is 0 Å². The Labute approximate surface area is 114 Å². The maximum absolute atomic E-state index is 12.6. The van der Waals surface area contributed by atoms with Crippen LogP contribution in [0.4, 0.5) is 0 Å². The van der Waals surface area contributed by atoms with Gasteiger partial charge in [-0.1, -0.05) is 13.0 Å². The molecule has 0 spiro atoms. The normalized spacial score (nSPS) is 40.2. The molecule has 2 bridgehead atoms. The predicted octanol–water partition coefficient (Wildman–Crippen LogP) is 1.79. The van der Waals surface area contributed by atoms with E-state index in [0.29, 0.717) is 24.8 Å². The molecular weight excluding hydrogens is 262 g/mol. The van der Waals surface area contributed by atoms with Gasteiger partial charge in [0.2, 0.25) is 15.9 Å². The molecule has 1 aliphatic heterocycles. The number of amides is 1. The van der Waals surface area contributed by atoms with Gasteiger partial charge >= 0.3 is 0 Å². The minimum Gasteiger partial charge on any atom is -0.273 e. The van der Waals surface area contributed by atoms with E-state index in [0.717, 1.165) is 19.3 Å². The van der Waals surface area contributed by atoms with Crippen molar-refractivity contribution in [3.05, 3.63) is 12.7 Å². The van der Waals surface area contributed by atoms with E-state index in [1.807, 2.05) is 0 Å². The molecule has 0 N–H and O–H groups in total. The van der Waals surface area contributed by atoms with E-state index in [-0.39, 0.29) is 23.0 Å². The number of nitrogens with zero attached hydrogens (tertiary/aromatic N) is 1. The van der Waals surface area contributed by atoms with E-state index in [1.165, 1.54) is 4.31 Å². The Morgan fingerprint density at radius 1 is 1.42 bits per heavy atom. The van der Waals surface area contributed by atoms with Crippen molar-refractivity contribution in [2.45, 2.75) is 37.9 Å². The lowest BCUT2D eigenvalue weighted by Crippen LogP contribution is -2.39. The van der Waals surface area contributed by atoms with Crippen LogP contribution in [0.15, 0.2) is 12.7 Å². The van der Waals surface area contributed by atoms with Gasteiger partial charge in [-0.15, -0.1) is 6.58 Å². The van der Waals surface area contributed by atoms with Gasteiger partial charge in [0, 0.05) is 12.5 Å². The molecule has 2 aliphatic carbocycles. The largest absolute Gasteiger partial charge is 0.273 e. The number of hydrogen-bond acceptors (Lipinski definition) is 3. The molecule has 1 saturated heterocycles. The van der Waals surface area contributed by atoms with Crippen molar-refractivity contribution in [2.75, 3.05) is 6.54 Å². The van der Waals surface area contributed by atoms with E-state index in [4.69, 9.17) is 0 Å². The lowest BCUT2D eigenvalue weighted by atomic mass is 9.88. The Hall–Kier alpha value is -0.840. The van der Waals surface area contributed by atoms with Crippen molar-refractivity contribution in [3.63, 3.8) is 0 Å². The number of carbonyl (C=O) groups excluding carboxylic acids is 1. The fourth-order valence-corrected chi connectivity index (χ4v) is 6.92. The van der Waals surface area contributed by atoms with Crippen LogP contribution < -0.4 is 0 Å². The van der Waals surface area contributed by atoms with E-state index in [2.05, 4.69) is 6.58 Å². The Morgan fingerprint density at radius 3 is 2.74 bits per heavy atom. The molecule has 0 unspecified atom stereocenters. The molecule has 4 nitrogen and oxygen atoms in total. The van der Waals surface area contributed by atoms with Gasteiger partial charge in [-0.2, -0.15) is 0 Å². The first-order valence-corrected chi connectivity index (χ1v) is 8.63. The molecule has 0 radical (unpaired) electrons. The first kappa shape index (κ1) is 13.2. The van der Waals surface area contributed by atoms with Crippen molar-refractivity contribution in [2.24, 2.45) is 23.7 Å². The standard InChI is InChI=1S/C14H21NO3S/c1-3-4-9(2)14(16)15-8-12-10-5-6-11(7-10)13(12)19(15,17)18/h3,9-13H,1,4-8H2,2H3/t9-,10+,11-,12+,13-/m1/s1. The van der Waals surface area contributed by atoms with E-state index in [1.54, 1.807) is 13.0 Å². The van der Waals surface area contributed by atoms with Crippen LogP contribution in [0.2, 0.25) is 0 Å². The van der Waals surface area contributed by atoms with Crippen LogP contribution in [-0.2, 0) is 14.8 Å². The Kier molecular flexibility index (Phi) is 3.00. The second kappa shape index (κ2) is 4.33. The molecular formula is C14H21NO3S. The third-order valence-corrected chi connectivity index (χ3v) is 7.59. The zero-order chi connectivity index (χ0) is 13.8. The summed E-state index contributed by atoms with van der Waals surface area (Å²) in [6.45, 7) is 5.82. The van der Waals surface area contributed by atoms with Gasteiger partial charge in [-0.25, -0.2) is 12.7 Å². The quantitative estimate of drug-likeness (QED) is 0.742. The molecule has 106 valence electrons. The van der Waals surface area contributed by atoms with Crippen molar-refractivity contribution in [3.8, 4) is 0 Å². The molecule has 5 atom stereocenters. The zero-order valence-corrected chi connectivity index (χ0v) is 12.1. The average molecular weight is 283 g/mol. The summed E-state index contributed by atoms with van der Waals surface area (Å²) < 4.78 is 26.4. The molecule has 3 rings (SSSR count). The van der Waals surface area contributed by atoms with Crippen LogP contribution in [0.25, 0.3) is 0 Å². The minimum absolute atomic E-state index is 0.198. The van der Waals surface area contributed by atoms with Crippen LogP contribution >= 0.6 is 0 Å². The Balaban J connectivity index is 1.86. The summed E-state index contributed by atoms with van der Waals surface area (Å²) >= 11 is 0. The minimum atomic E-state index is -3.41. The van der Waals surface area contributed by atoms with Crippen LogP contribution in [-0.4, -0.2) is 30.4 Å². The third-order valence-electron chi connectivity index (χ3n) is 5.22. The predicted molar refractivity (Wildman–Crippen MR) is 72.7 cm³/mol. The van der Waals surface area contributed by atoms with Crippen molar-refractivity contribution >= 4 is 15.9 Å². The summed E-state index contributed by atoms with van der Waals surface area (Å²) in [6.07, 6.45) is 5.43. The van der Waals surface area contributed by atoms with Crippen molar-refractivity contribution < 1.29 is 13.2 Å². The third kappa shape index (κ3) is 1.77. The second-order valence-corrected chi connectivity index (χ2v) is 8.32. The number of carbonyl (C=O) groups is 1. The highest BCUT2D eigenvalue weighted by atomic mass is 32.2. The number of allylic oxidation sites excluding steroid dienone is 1. The SMILES string of the molecule is C=CC[C@@H](C)C(=O)N1C[C@H]2[C@H]3CC[C@H](C3)[C@H]2S1(=O)=O. The van der Waals surface area contributed by atoms with Crippen LogP contribution in [0.5, 0.6) is 0 Å². The molecule has 1 heterocycles. The monoisotopic (exact) mass is 283 g/mol. The summed E-state index contributed by atoms with van der Waals surface area (Å²) in [4.78, 5) is 12.3. The highest BCUT2D eigenvalue weighted by molar-refractivity contribution is 7.90. The summed E-state index contributed by atoms with van der Waals surface area (Å²) in [6, 6.07) is 0. The summed E-state index contributed by atoms with van der Waals surface area (Å²) in [5, 5.41) is -0.272. The fourth-order valence-electron chi connectivity index (χ4n) is 4.33. The van der Waals surface area contributed by atoms with Gasteiger partial charge in [0.05, 0.1) is 5.25 Å². The first-order valence-electron chi connectivity index (χ1n) is 7.13. The Bertz CT molecular complexity index is 513. The fraction of sp³-hybridized carbons (Fsp3) is 0.786. The second-order valence-electron chi connectivity index (χ2n) is 6.30. The van der Waals surface area contributed by atoms with Gasteiger partial charge in [-0.05, 0) is 43.4 Å². The van der Waals surface area contributed by atoms with Gasteiger partial charge < -0.3 is 0 Å². The number of fused-ring (bicyclic) bond motifs is 5. The van der Waals surface area contributed by atoms with Crippen molar-refractivity contribution in [1.29, 1.82) is 0 Å². The summed E-state index contributed by atoms with van der Waals surface area (Å²) in [7, 11) is -3.41. The average Bonchev–Trinajstić information content (AvgIpc) is 3.00. The maximum atomic E-state index is 12.6. The number of rotatable bonds is 3. The summed E-state index contributed by atoms with van der Waals surface area (Å²) in [5.74, 6) is 0.492. The molecule has 5 heteroatoms. The highest BCUT2D eigenvalue weighted by Crippen LogP contribution is 2.55. The molecule has 3 fully saturated rings. The van der Waals surface area contributed by atoms with Crippen molar-refractivity contribution in [1.82, 2.24) is 4.31 Å². The molecule has 0 aromatic carbocycles. The van der Waals surface area contributed by atoms with E-state index < -0.39 is 10.0 Å². The van der Waals surface area contributed by atoms with Crippen LogP contribution in [0, 0.1) is 23.7 Å². The van der Waals surface area contributed by atoms with Gasteiger partial charge in [-0.3, -0.25) is 4.79 Å². The smallest absolute Gasteiger partial charge is 0.240 e. The molecule has 2 saturated carbocycles. The van der Waals surface area contributed by atoms with Gasteiger partial charge in [0.15, 0.2) is 0 Å². The van der Waals surface area contributed by atoms with Crippen LogP contribution in [0.1, 0.15) is 32.6 Å². The Morgan fingerprint density at radius 2 is 2.11 bits per heavy atom. The molecule has 1 amide bonds. The number of sulfonamides is 1. The molecule has 19 heavy (non-hydrogen) atoms. The van der Waals surface area contributed by atoms with Gasteiger partial charge in [0.1, 0.15) is 0 Å². The molecule has 0 aromatic heterocycles. The lowest BCUT2D eigenvalue weighted by Gasteiger charge is -2.22. The number of hydrogen-bond donors (Lipinski definition) is 0. The molecule has 3 aliphatic rings. The van der Waals surface area contributed by atoms with E-state index in [9.17, 15) is 13.2 Å². The molecule has 0 aromatic rings. The topological polar surface area (TPSA) is 54.5 Å². The zero-order valence-electron chi connectivity index (χ0n) is 11.3. The lowest BCUT2D eigenvalue weighted by molar-refractivity contribution is -0.130. The van der Waals surface area contributed by atoms with Gasteiger partial charge in [0.25, 0.3) is 0 Å².